The molecule has 0 atom stereocenters. The molecule has 7 nitrogen and oxygen atoms in total. The number of rotatable bonds is 5. The van der Waals surface area contributed by atoms with Crippen molar-refractivity contribution in [2.45, 2.75) is 25.8 Å². The topological polar surface area (TPSA) is 95.3 Å². The van der Waals surface area contributed by atoms with Gasteiger partial charge in [0.2, 0.25) is 0 Å². The van der Waals surface area contributed by atoms with Crippen molar-refractivity contribution in [2.24, 2.45) is 4.99 Å². The van der Waals surface area contributed by atoms with Crippen LogP contribution in [0.5, 0.6) is 5.88 Å². The number of aromatic hydroxyl groups is 1. The molecule has 31 heavy (non-hydrogen) atoms. The molecule has 3 rings (SSSR count). The number of aromatic amines is 1. The smallest absolute Gasteiger partial charge is 0.494 e. The summed E-state index contributed by atoms with van der Waals surface area (Å²) in [5, 5.41) is 15.5. The Hall–Kier alpha value is -3.51. The van der Waals surface area contributed by atoms with Gasteiger partial charge in [-0.15, -0.1) is 13.2 Å². The van der Waals surface area contributed by atoms with E-state index in [1.54, 1.807) is 12.2 Å². The average Bonchev–Trinajstić information content (AvgIpc) is 3.26. The molecule has 1 aromatic carbocycles. The predicted octanol–water partition coefficient (Wildman–Crippen LogP) is 4.37. The minimum Gasteiger partial charge on any atom is -0.494 e. The van der Waals surface area contributed by atoms with Crippen molar-refractivity contribution >= 4 is 28.2 Å². The molecule has 0 saturated heterocycles. The number of hydrogen-bond donors (Lipinski definition) is 3. The summed E-state index contributed by atoms with van der Waals surface area (Å²) in [7, 11) is 0. The molecule has 0 radical (unpaired) electrons. The van der Waals surface area contributed by atoms with Crippen molar-refractivity contribution in [3.63, 3.8) is 0 Å². The number of fused-ring (bicyclic) bond motifs is 1. The van der Waals surface area contributed by atoms with E-state index in [4.69, 9.17) is 0 Å². The summed E-state index contributed by atoms with van der Waals surface area (Å²) in [6.07, 6.45) is -7.56. The Bertz CT molecular complexity index is 1140. The van der Waals surface area contributed by atoms with Crippen molar-refractivity contribution in [2.75, 3.05) is 6.54 Å². The van der Waals surface area contributed by atoms with Crippen LogP contribution in [0.25, 0.3) is 10.9 Å². The van der Waals surface area contributed by atoms with Crippen molar-refractivity contribution in [3.8, 4) is 5.88 Å². The lowest BCUT2D eigenvalue weighted by molar-refractivity contribution is -0.212. The molecule has 3 N–H and O–H groups in total. The molecule has 2 heterocycles. The standard InChI is InChI=1S/C18H15F6N5O2/c1-2-12(27-10-6-26-29(7-10)18(22,23)24)14-11-5-9(3-4-13(11)28-16(14)31)15(30)25-8-17(19,20)21/h3-7,28,31H,2,8H2,1H3,(H,25,30). The van der Waals surface area contributed by atoms with Crippen LogP contribution in [-0.4, -0.2) is 44.2 Å². The molecule has 2 aromatic heterocycles. The van der Waals surface area contributed by atoms with Crippen LogP contribution in [0.4, 0.5) is 32.0 Å². The first kappa shape index (κ1) is 22.2. The van der Waals surface area contributed by atoms with E-state index in [0.29, 0.717) is 11.7 Å². The first-order valence-corrected chi connectivity index (χ1v) is 8.78. The number of halogens is 6. The van der Waals surface area contributed by atoms with Gasteiger partial charge in [-0.2, -0.15) is 23.0 Å². The molecule has 0 spiro atoms. The van der Waals surface area contributed by atoms with Crippen LogP contribution in [0.3, 0.4) is 0 Å². The Morgan fingerprint density at radius 2 is 1.97 bits per heavy atom. The van der Waals surface area contributed by atoms with Crippen LogP contribution >= 0.6 is 0 Å². The molecule has 3 aromatic rings. The second-order valence-corrected chi connectivity index (χ2v) is 6.43. The first-order chi connectivity index (χ1) is 14.4. The lowest BCUT2D eigenvalue weighted by Crippen LogP contribution is -2.33. The number of aliphatic imine (C=N–C) groups is 1. The fourth-order valence-electron chi connectivity index (χ4n) is 2.87. The molecular formula is C18H15F6N5O2. The van der Waals surface area contributed by atoms with E-state index in [2.05, 4.69) is 15.1 Å². The molecule has 0 fully saturated rings. The van der Waals surface area contributed by atoms with Crippen molar-refractivity contribution in [1.82, 2.24) is 20.1 Å². The number of carbonyl (C=O) groups excluding carboxylic acids is 1. The summed E-state index contributed by atoms with van der Waals surface area (Å²) < 4.78 is 75.0. The number of hydrogen-bond acceptors (Lipinski definition) is 4. The third kappa shape index (κ3) is 4.98. The van der Waals surface area contributed by atoms with E-state index in [-0.39, 0.29) is 44.9 Å². The summed E-state index contributed by atoms with van der Waals surface area (Å²) >= 11 is 0. The molecule has 1 amide bonds. The summed E-state index contributed by atoms with van der Waals surface area (Å²) in [6.45, 7) is 0.130. The van der Waals surface area contributed by atoms with Gasteiger partial charge in [-0.3, -0.25) is 4.79 Å². The number of H-pyrrole nitrogens is 1. The Morgan fingerprint density at radius 1 is 1.26 bits per heavy atom. The van der Waals surface area contributed by atoms with Gasteiger partial charge in [0, 0.05) is 16.5 Å². The summed E-state index contributed by atoms with van der Waals surface area (Å²) in [5.41, 5.74) is 0.424. The highest BCUT2D eigenvalue weighted by Gasteiger charge is 2.32. The normalized spacial score (nSPS) is 13.1. The number of nitrogens with one attached hydrogen (secondary N) is 2. The van der Waals surface area contributed by atoms with Gasteiger partial charge in [0.25, 0.3) is 5.91 Å². The Morgan fingerprint density at radius 3 is 2.55 bits per heavy atom. The number of alkyl halides is 6. The fourth-order valence-corrected chi connectivity index (χ4v) is 2.87. The number of nitrogens with zero attached hydrogens (tertiary/aromatic N) is 3. The Labute approximate surface area is 170 Å². The maximum Gasteiger partial charge on any atom is 0.504 e. The van der Waals surface area contributed by atoms with Gasteiger partial charge >= 0.3 is 12.5 Å². The number of carbonyl (C=O) groups is 1. The van der Waals surface area contributed by atoms with Crippen LogP contribution in [-0.2, 0) is 6.30 Å². The van der Waals surface area contributed by atoms with Gasteiger partial charge in [0.05, 0.1) is 23.7 Å². The molecule has 166 valence electrons. The summed E-state index contributed by atoms with van der Waals surface area (Å²) in [5.74, 6) is -1.33. The van der Waals surface area contributed by atoms with Crippen molar-refractivity contribution in [1.29, 1.82) is 0 Å². The van der Waals surface area contributed by atoms with E-state index < -0.39 is 24.9 Å². The minimum absolute atomic E-state index is 0.0997. The first-order valence-electron chi connectivity index (χ1n) is 8.78. The quantitative estimate of drug-likeness (QED) is 0.401. The van der Waals surface area contributed by atoms with E-state index in [1.807, 2.05) is 0 Å². The summed E-state index contributed by atoms with van der Waals surface area (Å²) in [4.78, 5) is 18.8. The lowest BCUT2D eigenvalue weighted by atomic mass is 10.0. The molecule has 0 saturated carbocycles. The van der Waals surface area contributed by atoms with Crippen LogP contribution in [0.2, 0.25) is 0 Å². The highest BCUT2D eigenvalue weighted by atomic mass is 19.4. The maximum absolute atomic E-state index is 12.7. The van der Waals surface area contributed by atoms with Gasteiger partial charge in [-0.05, 0) is 24.6 Å². The highest BCUT2D eigenvalue weighted by molar-refractivity contribution is 6.14. The van der Waals surface area contributed by atoms with Crippen molar-refractivity contribution in [3.05, 3.63) is 41.7 Å². The van der Waals surface area contributed by atoms with Gasteiger partial charge in [-0.25, -0.2) is 4.99 Å². The Balaban J connectivity index is 2.00. The zero-order chi connectivity index (χ0) is 23.0. The molecule has 0 aliphatic rings. The average molecular weight is 447 g/mol. The Kier molecular flexibility index (Phi) is 5.70. The van der Waals surface area contributed by atoms with Gasteiger partial charge in [-0.1, -0.05) is 6.92 Å². The molecule has 0 bridgehead atoms. The van der Waals surface area contributed by atoms with Crippen LogP contribution in [0, 0.1) is 0 Å². The third-order valence-corrected chi connectivity index (χ3v) is 4.21. The second kappa shape index (κ2) is 7.96. The minimum atomic E-state index is -4.72. The zero-order valence-corrected chi connectivity index (χ0v) is 15.8. The van der Waals surface area contributed by atoms with Crippen LogP contribution in [0.15, 0.2) is 35.6 Å². The number of benzene rings is 1. The molecule has 0 aliphatic carbocycles. The highest BCUT2D eigenvalue weighted by Crippen LogP contribution is 2.31. The van der Waals surface area contributed by atoms with E-state index >= 15 is 0 Å². The zero-order valence-electron chi connectivity index (χ0n) is 15.8. The number of aromatic nitrogens is 3. The van der Waals surface area contributed by atoms with Gasteiger partial charge in [0.1, 0.15) is 12.2 Å². The lowest BCUT2D eigenvalue weighted by Gasteiger charge is -2.09. The second-order valence-electron chi connectivity index (χ2n) is 6.43. The monoisotopic (exact) mass is 447 g/mol. The largest absolute Gasteiger partial charge is 0.504 e. The van der Waals surface area contributed by atoms with Crippen molar-refractivity contribution < 1.29 is 36.2 Å². The van der Waals surface area contributed by atoms with Crippen LogP contribution < -0.4 is 5.32 Å². The third-order valence-electron chi connectivity index (χ3n) is 4.21. The SMILES string of the molecule is CCC(=Nc1cnn(C(F)(F)F)c1)c1c(O)[nH]c2ccc(C(=O)NCC(F)(F)F)cc12. The van der Waals surface area contributed by atoms with E-state index in [1.165, 1.54) is 18.2 Å². The van der Waals surface area contributed by atoms with E-state index in [0.717, 1.165) is 6.20 Å². The molecule has 13 heteroatoms. The fraction of sp³-hybridized carbons (Fsp3) is 0.278. The van der Waals surface area contributed by atoms with Gasteiger partial charge < -0.3 is 15.4 Å². The maximum atomic E-state index is 12.7. The molecule has 0 unspecified atom stereocenters. The molecule has 0 aliphatic heterocycles. The summed E-state index contributed by atoms with van der Waals surface area (Å²) in [6, 6.07) is 3.91. The predicted molar refractivity (Wildman–Crippen MR) is 98.4 cm³/mol. The van der Waals surface area contributed by atoms with Gasteiger partial charge in [0.15, 0.2) is 5.88 Å². The van der Waals surface area contributed by atoms with E-state index in [9.17, 15) is 36.2 Å². The number of amides is 1. The van der Waals surface area contributed by atoms with Crippen LogP contribution in [0.1, 0.15) is 29.3 Å². The molecular weight excluding hydrogens is 432 g/mol.